The molecule has 1 heterocycles. The van der Waals surface area contributed by atoms with E-state index >= 15 is 0 Å². The van der Waals surface area contributed by atoms with Gasteiger partial charge in [-0.25, -0.2) is 13.8 Å². The molecule has 128 valence electrons. The zero-order valence-corrected chi connectivity index (χ0v) is 13.6. The van der Waals surface area contributed by atoms with E-state index in [1.54, 1.807) is 13.2 Å². The molecular weight excluding hydrogens is 314 g/mol. The molecule has 0 atom stereocenters. The summed E-state index contributed by atoms with van der Waals surface area (Å²) >= 11 is 0. The number of nitrogens with one attached hydrogen (secondary N) is 2. The van der Waals surface area contributed by atoms with Crippen LogP contribution in [-0.2, 0) is 13.1 Å². The summed E-state index contributed by atoms with van der Waals surface area (Å²) in [5.41, 5.74) is 1.11. The van der Waals surface area contributed by atoms with Gasteiger partial charge < -0.3 is 15.4 Å². The van der Waals surface area contributed by atoms with Crippen molar-refractivity contribution in [1.29, 1.82) is 0 Å². The Morgan fingerprint density at radius 2 is 1.92 bits per heavy atom. The molecule has 0 aliphatic carbocycles. The third kappa shape index (κ3) is 4.91. The van der Waals surface area contributed by atoms with E-state index in [9.17, 15) is 8.78 Å². The van der Waals surface area contributed by atoms with Crippen molar-refractivity contribution in [3.8, 4) is 5.88 Å². The molecule has 1 aromatic heterocycles. The summed E-state index contributed by atoms with van der Waals surface area (Å²) < 4.78 is 32.3. The van der Waals surface area contributed by atoms with Gasteiger partial charge in [-0.05, 0) is 31.2 Å². The summed E-state index contributed by atoms with van der Waals surface area (Å²) in [6, 6.07) is 7.06. The lowest BCUT2D eigenvalue weighted by Gasteiger charge is -2.14. The largest absolute Gasteiger partial charge is 0.478 e. The molecule has 0 spiro atoms. The van der Waals surface area contributed by atoms with Crippen molar-refractivity contribution in [2.75, 3.05) is 13.7 Å². The van der Waals surface area contributed by atoms with Crippen molar-refractivity contribution >= 4 is 5.96 Å². The topological polar surface area (TPSA) is 58.5 Å². The van der Waals surface area contributed by atoms with Gasteiger partial charge in [0.05, 0.1) is 6.61 Å². The SMILES string of the molecule is CCOc1ncccc1CNC(=NC)NCc1cc(F)ccc1F. The van der Waals surface area contributed by atoms with Crippen LogP contribution in [0.15, 0.2) is 41.5 Å². The standard InChI is InChI=1S/C17H20F2N4O/c1-3-24-16-12(5-4-8-21-16)10-22-17(20-2)23-11-13-9-14(18)6-7-15(13)19/h4-9H,3,10-11H2,1-2H3,(H2,20,22,23). The number of benzene rings is 1. The monoisotopic (exact) mass is 334 g/mol. The van der Waals surface area contributed by atoms with Crippen LogP contribution in [0.3, 0.4) is 0 Å². The Balaban J connectivity index is 1.95. The average molecular weight is 334 g/mol. The molecule has 0 saturated heterocycles. The lowest BCUT2D eigenvalue weighted by Crippen LogP contribution is -2.36. The predicted octanol–water partition coefficient (Wildman–Crippen LogP) is 2.62. The maximum absolute atomic E-state index is 13.6. The molecule has 0 amide bonds. The first-order chi connectivity index (χ1) is 11.6. The van der Waals surface area contributed by atoms with E-state index in [1.807, 2.05) is 19.1 Å². The van der Waals surface area contributed by atoms with Crippen LogP contribution in [-0.4, -0.2) is 24.6 Å². The van der Waals surface area contributed by atoms with Gasteiger partial charge in [0.15, 0.2) is 5.96 Å². The summed E-state index contributed by atoms with van der Waals surface area (Å²) in [5, 5.41) is 6.04. The first-order valence-electron chi connectivity index (χ1n) is 7.59. The number of pyridine rings is 1. The fourth-order valence-electron chi connectivity index (χ4n) is 2.08. The van der Waals surface area contributed by atoms with E-state index in [4.69, 9.17) is 4.74 Å². The Labute approximate surface area is 139 Å². The van der Waals surface area contributed by atoms with Gasteiger partial charge in [-0.2, -0.15) is 0 Å². The van der Waals surface area contributed by atoms with Crippen LogP contribution in [0.2, 0.25) is 0 Å². The van der Waals surface area contributed by atoms with E-state index in [2.05, 4.69) is 20.6 Å². The van der Waals surface area contributed by atoms with E-state index in [1.165, 1.54) is 0 Å². The van der Waals surface area contributed by atoms with E-state index in [0.717, 1.165) is 23.8 Å². The van der Waals surface area contributed by atoms with Crippen LogP contribution in [0.4, 0.5) is 8.78 Å². The van der Waals surface area contributed by atoms with Crippen LogP contribution >= 0.6 is 0 Å². The van der Waals surface area contributed by atoms with E-state index < -0.39 is 11.6 Å². The van der Waals surface area contributed by atoms with Crippen molar-refractivity contribution in [2.45, 2.75) is 20.0 Å². The highest BCUT2D eigenvalue weighted by molar-refractivity contribution is 5.79. The molecule has 0 aliphatic rings. The van der Waals surface area contributed by atoms with Gasteiger partial charge in [0.2, 0.25) is 5.88 Å². The van der Waals surface area contributed by atoms with Crippen LogP contribution in [0.25, 0.3) is 0 Å². The minimum absolute atomic E-state index is 0.120. The number of aromatic nitrogens is 1. The second-order valence-electron chi connectivity index (χ2n) is 4.92. The van der Waals surface area contributed by atoms with Crippen LogP contribution in [0.1, 0.15) is 18.1 Å². The normalized spacial score (nSPS) is 11.2. The summed E-state index contributed by atoms with van der Waals surface area (Å²) in [6.07, 6.45) is 1.66. The lowest BCUT2D eigenvalue weighted by molar-refractivity contribution is 0.322. The summed E-state index contributed by atoms with van der Waals surface area (Å²) in [6.45, 7) is 2.97. The van der Waals surface area contributed by atoms with Gasteiger partial charge in [-0.15, -0.1) is 0 Å². The Morgan fingerprint density at radius 1 is 1.17 bits per heavy atom. The molecule has 0 bridgehead atoms. The number of aliphatic imine (C=N–C) groups is 1. The molecule has 0 radical (unpaired) electrons. The molecular formula is C17H20F2N4O. The van der Waals surface area contributed by atoms with Gasteiger partial charge >= 0.3 is 0 Å². The smallest absolute Gasteiger partial charge is 0.218 e. The van der Waals surface area contributed by atoms with Crippen LogP contribution < -0.4 is 15.4 Å². The Kier molecular flexibility index (Phi) is 6.48. The van der Waals surface area contributed by atoms with E-state index in [-0.39, 0.29) is 12.1 Å². The molecule has 0 saturated carbocycles. The fraction of sp³-hybridized carbons (Fsp3) is 0.294. The average Bonchev–Trinajstić information content (AvgIpc) is 2.59. The Bertz CT molecular complexity index is 707. The van der Waals surface area contributed by atoms with Gasteiger partial charge in [-0.3, -0.25) is 4.99 Å². The lowest BCUT2D eigenvalue weighted by atomic mass is 10.2. The number of hydrogen-bond acceptors (Lipinski definition) is 3. The Morgan fingerprint density at radius 3 is 2.62 bits per heavy atom. The zero-order chi connectivity index (χ0) is 17.4. The highest BCUT2D eigenvalue weighted by Gasteiger charge is 2.07. The van der Waals surface area contributed by atoms with Crippen molar-refractivity contribution in [3.05, 3.63) is 59.3 Å². The van der Waals surface area contributed by atoms with Gasteiger partial charge in [-0.1, -0.05) is 6.07 Å². The van der Waals surface area contributed by atoms with Gasteiger partial charge in [0.1, 0.15) is 11.6 Å². The zero-order valence-electron chi connectivity index (χ0n) is 13.6. The quantitative estimate of drug-likeness (QED) is 0.630. The number of rotatable bonds is 6. The molecule has 2 rings (SSSR count). The maximum Gasteiger partial charge on any atom is 0.218 e. The Hall–Kier alpha value is -2.70. The molecule has 2 N–H and O–H groups in total. The number of hydrogen-bond donors (Lipinski definition) is 2. The number of ether oxygens (including phenoxy) is 1. The van der Waals surface area contributed by atoms with Crippen molar-refractivity contribution in [3.63, 3.8) is 0 Å². The minimum Gasteiger partial charge on any atom is -0.478 e. The first kappa shape index (κ1) is 17.7. The second-order valence-corrected chi connectivity index (χ2v) is 4.92. The fourth-order valence-corrected chi connectivity index (χ4v) is 2.08. The van der Waals surface area contributed by atoms with Crippen LogP contribution in [0, 0.1) is 11.6 Å². The highest BCUT2D eigenvalue weighted by atomic mass is 19.1. The highest BCUT2D eigenvalue weighted by Crippen LogP contribution is 2.13. The van der Waals surface area contributed by atoms with Gasteiger partial charge in [0.25, 0.3) is 0 Å². The predicted molar refractivity (Wildman–Crippen MR) is 88.8 cm³/mol. The minimum atomic E-state index is -0.479. The van der Waals surface area contributed by atoms with Crippen molar-refractivity contribution < 1.29 is 13.5 Å². The number of guanidine groups is 1. The molecule has 0 unspecified atom stereocenters. The van der Waals surface area contributed by atoms with Crippen molar-refractivity contribution in [2.24, 2.45) is 4.99 Å². The number of nitrogens with zero attached hydrogens (tertiary/aromatic N) is 2. The molecule has 0 aliphatic heterocycles. The third-order valence-corrected chi connectivity index (χ3v) is 3.25. The summed E-state index contributed by atoms with van der Waals surface area (Å²) in [4.78, 5) is 8.24. The molecule has 24 heavy (non-hydrogen) atoms. The molecule has 2 aromatic rings. The van der Waals surface area contributed by atoms with Crippen LogP contribution in [0.5, 0.6) is 5.88 Å². The van der Waals surface area contributed by atoms with E-state index in [0.29, 0.717) is 25.0 Å². The van der Waals surface area contributed by atoms with Crippen molar-refractivity contribution in [1.82, 2.24) is 15.6 Å². The summed E-state index contributed by atoms with van der Waals surface area (Å²) in [5.74, 6) is 0.0715. The first-order valence-corrected chi connectivity index (χ1v) is 7.59. The second kappa shape index (κ2) is 8.81. The number of halogens is 2. The maximum atomic E-state index is 13.6. The summed E-state index contributed by atoms with van der Waals surface area (Å²) in [7, 11) is 1.60. The molecule has 1 aromatic carbocycles. The molecule has 7 heteroatoms. The molecule has 5 nitrogen and oxygen atoms in total. The molecule has 0 fully saturated rings. The van der Waals surface area contributed by atoms with Gasteiger partial charge in [0, 0.05) is 37.5 Å². The third-order valence-electron chi connectivity index (χ3n) is 3.25.